The molecule has 3 aromatic rings. The minimum absolute atomic E-state index is 0.0654. The van der Waals surface area contributed by atoms with Gasteiger partial charge in [0.05, 0.1) is 6.54 Å². The predicted molar refractivity (Wildman–Crippen MR) is 144 cm³/mol. The van der Waals surface area contributed by atoms with Crippen molar-refractivity contribution in [1.29, 1.82) is 0 Å². The van der Waals surface area contributed by atoms with Gasteiger partial charge in [0.1, 0.15) is 11.2 Å². The number of fused-ring (bicyclic) bond motifs is 1. The molecule has 0 spiro atoms. The van der Waals surface area contributed by atoms with Crippen molar-refractivity contribution in [1.82, 2.24) is 10.6 Å². The van der Waals surface area contributed by atoms with E-state index in [1.807, 2.05) is 54.6 Å². The molecule has 0 bridgehead atoms. The molecule has 0 aliphatic heterocycles. The Morgan fingerprint density at radius 1 is 0.778 bits per heavy atom. The third-order valence-corrected chi connectivity index (χ3v) is 5.07. The first-order valence-corrected chi connectivity index (χ1v) is 12.0. The average Bonchev–Trinajstić information content (AvgIpc) is 2.75. The molecular weight excluding hydrogens is 478 g/mol. The van der Waals surface area contributed by atoms with Crippen LogP contribution in [0.5, 0.6) is 0 Å². The summed E-state index contributed by atoms with van der Waals surface area (Å²) in [5.74, 6) is -0.0654. The van der Waals surface area contributed by atoms with Gasteiger partial charge in [-0.1, -0.05) is 60.1 Å². The summed E-state index contributed by atoms with van der Waals surface area (Å²) in [6.07, 6.45) is -1.47. The molecule has 7 nitrogen and oxygen atoms in total. The highest BCUT2D eigenvalue weighted by molar-refractivity contribution is 6.30. The van der Waals surface area contributed by atoms with Crippen LogP contribution in [0.1, 0.15) is 47.1 Å². The van der Waals surface area contributed by atoms with Crippen molar-refractivity contribution in [3.05, 3.63) is 71.2 Å². The van der Waals surface area contributed by atoms with E-state index in [1.165, 1.54) is 0 Å². The number of aliphatic imine (C=N–C) groups is 1. The molecule has 8 heteroatoms. The van der Waals surface area contributed by atoms with Gasteiger partial charge in [0.15, 0.2) is 0 Å². The van der Waals surface area contributed by atoms with Crippen molar-refractivity contribution in [2.45, 2.75) is 59.3 Å². The monoisotopic (exact) mass is 509 g/mol. The fraction of sp³-hybridized carbons (Fsp3) is 0.321. The second-order valence-corrected chi connectivity index (χ2v) is 10.7. The summed E-state index contributed by atoms with van der Waals surface area (Å²) in [6.45, 7) is 10.7. The van der Waals surface area contributed by atoms with Gasteiger partial charge in [-0.2, -0.15) is 0 Å². The Morgan fingerprint density at radius 2 is 1.31 bits per heavy atom. The molecule has 3 rings (SSSR count). The van der Waals surface area contributed by atoms with Crippen molar-refractivity contribution in [3.63, 3.8) is 0 Å². The van der Waals surface area contributed by atoms with E-state index in [9.17, 15) is 9.59 Å². The van der Waals surface area contributed by atoms with Gasteiger partial charge in [-0.15, -0.1) is 0 Å². The molecule has 0 aliphatic rings. The third kappa shape index (κ3) is 7.99. The largest absolute Gasteiger partial charge is 0.444 e. The summed E-state index contributed by atoms with van der Waals surface area (Å²) in [4.78, 5) is 29.2. The SMILES string of the molecule is CC(C)(C)OC(=O)NC(=NCc1cccc2c(-c3ccc(Cl)cc3)cccc12)NC(=O)OC(C)(C)C. The number of ether oxygens (including phenoxy) is 2. The number of carbonyl (C=O) groups excluding carboxylic acids is 2. The van der Waals surface area contributed by atoms with Crippen LogP contribution in [0.4, 0.5) is 9.59 Å². The van der Waals surface area contributed by atoms with Crippen LogP contribution in [0.25, 0.3) is 21.9 Å². The fourth-order valence-corrected chi connectivity index (χ4v) is 3.60. The van der Waals surface area contributed by atoms with E-state index >= 15 is 0 Å². The molecule has 2 N–H and O–H groups in total. The van der Waals surface area contributed by atoms with Crippen molar-refractivity contribution in [2.24, 2.45) is 4.99 Å². The number of guanidine groups is 1. The van der Waals surface area contributed by atoms with Crippen LogP contribution in [-0.4, -0.2) is 29.3 Å². The van der Waals surface area contributed by atoms with E-state index in [4.69, 9.17) is 21.1 Å². The molecule has 0 aromatic heterocycles. The lowest BCUT2D eigenvalue weighted by atomic mass is 9.96. The van der Waals surface area contributed by atoms with E-state index in [0.29, 0.717) is 5.02 Å². The third-order valence-electron chi connectivity index (χ3n) is 4.81. The molecule has 3 aromatic carbocycles. The van der Waals surface area contributed by atoms with Crippen LogP contribution in [0.3, 0.4) is 0 Å². The van der Waals surface area contributed by atoms with Gasteiger partial charge in [0.2, 0.25) is 5.96 Å². The standard InChI is InChI=1S/C28H32ClN3O4/c1-27(2,3)35-25(33)31-24(32-26(34)36-28(4,5)6)30-17-19-9-7-12-23-21(10-8-11-22(19)23)18-13-15-20(29)16-14-18/h7-16H,17H2,1-6H3,(H2,30,31,32,33,34). The zero-order valence-electron chi connectivity index (χ0n) is 21.4. The first-order chi connectivity index (χ1) is 16.8. The van der Waals surface area contributed by atoms with Crippen LogP contribution < -0.4 is 10.6 Å². The Balaban J connectivity index is 1.92. The summed E-state index contributed by atoms with van der Waals surface area (Å²) >= 11 is 6.06. The zero-order valence-corrected chi connectivity index (χ0v) is 22.2. The minimum Gasteiger partial charge on any atom is -0.444 e. The molecular formula is C28H32ClN3O4. The second-order valence-electron chi connectivity index (χ2n) is 10.2. The number of hydrogen-bond donors (Lipinski definition) is 2. The predicted octanol–water partition coefficient (Wildman–Crippen LogP) is 7.07. The highest BCUT2D eigenvalue weighted by atomic mass is 35.5. The summed E-state index contributed by atoms with van der Waals surface area (Å²) in [7, 11) is 0. The zero-order chi connectivity index (χ0) is 26.5. The van der Waals surface area contributed by atoms with Crippen LogP contribution in [-0.2, 0) is 16.0 Å². The van der Waals surface area contributed by atoms with Gasteiger partial charge < -0.3 is 9.47 Å². The second kappa shape index (κ2) is 11.0. The van der Waals surface area contributed by atoms with E-state index < -0.39 is 23.4 Å². The van der Waals surface area contributed by atoms with Gasteiger partial charge in [-0.3, -0.25) is 10.6 Å². The molecule has 0 saturated carbocycles. The number of carbonyl (C=O) groups is 2. The maximum Gasteiger partial charge on any atom is 0.414 e. The van der Waals surface area contributed by atoms with E-state index in [1.54, 1.807) is 41.5 Å². The molecule has 2 amide bonds. The lowest BCUT2D eigenvalue weighted by Crippen LogP contribution is -2.47. The topological polar surface area (TPSA) is 89.0 Å². The number of hydrogen-bond acceptors (Lipinski definition) is 5. The van der Waals surface area contributed by atoms with Crippen LogP contribution in [0.2, 0.25) is 5.02 Å². The van der Waals surface area contributed by atoms with Gasteiger partial charge in [-0.05, 0) is 81.1 Å². The summed E-state index contributed by atoms with van der Waals surface area (Å²) < 4.78 is 10.6. The quantitative estimate of drug-likeness (QED) is 0.292. The van der Waals surface area contributed by atoms with Gasteiger partial charge in [0.25, 0.3) is 0 Å². The van der Waals surface area contributed by atoms with Gasteiger partial charge in [-0.25, -0.2) is 14.6 Å². The maximum atomic E-state index is 12.4. The molecule has 0 saturated heterocycles. The number of benzene rings is 3. The van der Waals surface area contributed by atoms with Crippen molar-refractivity contribution in [2.75, 3.05) is 0 Å². The molecule has 36 heavy (non-hydrogen) atoms. The summed E-state index contributed by atoms with van der Waals surface area (Å²) in [6, 6.07) is 19.7. The number of halogens is 1. The Morgan fingerprint density at radius 3 is 1.86 bits per heavy atom. The molecule has 0 fully saturated rings. The van der Waals surface area contributed by atoms with Crippen molar-refractivity contribution < 1.29 is 19.1 Å². The maximum absolute atomic E-state index is 12.4. The first kappa shape index (κ1) is 27.0. The lowest BCUT2D eigenvalue weighted by Gasteiger charge is -2.22. The van der Waals surface area contributed by atoms with E-state index in [2.05, 4.69) is 21.7 Å². The van der Waals surface area contributed by atoms with Crippen LogP contribution in [0.15, 0.2) is 65.7 Å². The Bertz CT molecular complexity index is 1240. The molecule has 0 unspecified atom stereocenters. The number of amides is 2. The van der Waals surface area contributed by atoms with Gasteiger partial charge >= 0.3 is 12.2 Å². The Labute approximate surface area is 216 Å². The van der Waals surface area contributed by atoms with Crippen LogP contribution in [0, 0.1) is 0 Å². The van der Waals surface area contributed by atoms with Gasteiger partial charge in [0, 0.05) is 5.02 Å². The van der Waals surface area contributed by atoms with Crippen molar-refractivity contribution >= 4 is 40.5 Å². The Kier molecular flexibility index (Phi) is 8.25. The number of nitrogens with one attached hydrogen (secondary N) is 2. The fourth-order valence-electron chi connectivity index (χ4n) is 3.47. The summed E-state index contributed by atoms with van der Waals surface area (Å²) in [5.41, 5.74) is 1.60. The molecule has 0 heterocycles. The molecule has 190 valence electrons. The number of nitrogens with zero attached hydrogens (tertiary/aromatic N) is 1. The number of alkyl carbamates (subject to hydrolysis) is 2. The molecule has 0 atom stereocenters. The van der Waals surface area contributed by atoms with E-state index in [0.717, 1.165) is 27.5 Å². The van der Waals surface area contributed by atoms with E-state index in [-0.39, 0.29) is 12.5 Å². The average molecular weight is 510 g/mol. The summed E-state index contributed by atoms with van der Waals surface area (Å²) in [5, 5.41) is 7.76. The number of rotatable bonds is 3. The smallest absolute Gasteiger partial charge is 0.414 e. The highest BCUT2D eigenvalue weighted by Gasteiger charge is 2.21. The van der Waals surface area contributed by atoms with Crippen LogP contribution >= 0.6 is 11.6 Å². The molecule has 0 radical (unpaired) electrons. The van der Waals surface area contributed by atoms with Crippen molar-refractivity contribution in [3.8, 4) is 11.1 Å². The normalized spacial score (nSPS) is 11.5. The lowest BCUT2D eigenvalue weighted by molar-refractivity contribution is 0.0545. The molecule has 0 aliphatic carbocycles. The Hall–Kier alpha value is -3.58. The first-order valence-electron chi connectivity index (χ1n) is 11.6. The highest BCUT2D eigenvalue weighted by Crippen LogP contribution is 2.31. The minimum atomic E-state index is -0.736.